The van der Waals surface area contributed by atoms with Crippen molar-refractivity contribution in [2.75, 3.05) is 0 Å². The summed E-state index contributed by atoms with van der Waals surface area (Å²) in [6, 6.07) is 0. The summed E-state index contributed by atoms with van der Waals surface area (Å²) in [5.41, 5.74) is 0. The Balaban J connectivity index is 3.29. The van der Waals surface area contributed by atoms with Gasteiger partial charge in [0.15, 0.2) is 0 Å². The minimum absolute atomic E-state index is 0.0186. The van der Waals surface area contributed by atoms with Crippen molar-refractivity contribution in [1.29, 1.82) is 0 Å². The third-order valence-corrected chi connectivity index (χ3v) is 6.28. The van der Waals surface area contributed by atoms with Gasteiger partial charge in [0.25, 0.3) is 0 Å². The van der Waals surface area contributed by atoms with Crippen molar-refractivity contribution >= 4 is 5.97 Å². The second kappa shape index (κ2) is 24.7. The maximum absolute atomic E-state index is 12.0. The predicted molar refractivity (Wildman–Crippen MR) is 133 cm³/mol. The molecule has 30 heavy (non-hydrogen) atoms. The lowest BCUT2D eigenvalue weighted by molar-refractivity contribution is -0.148. The van der Waals surface area contributed by atoms with E-state index in [0.29, 0.717) is 6.42 Å². The Kier molecular flexibility index (Phi) is 24.3. The Morgan fingerprint density at radius 3 is 1.27 bits per heavy atom. The number of carbonyl (C=O) groups excluding carboxylic acids is 1. The van der Waals surface area contributed by atoms with Gasteiger partial charge < -0.3 is 4.74 Å². The number of esters is 1. The Morgan fingerprint density at radius 1 is 0.533 bits per heavy atom. The monoisotopic (exact) mass is 424 g/mol. The van der Waals surface area contributed by atoms with Crippen LogP contribution in [0.5, 0.6) is 0 Å². The lowest BCUT2D eigenvalue weighted by Crippen LogP contribution is -2.14. The molecule has 1 unspecified atom stereocenters. The molecule has 0 fully saturated rings. The fourth-order valence-corrected chi connectivity index (χ4v) is 4.20. The zero-order valence-corrected chi connectivity index (χ0v) is 21.2. The second-order valence-corrected chi connectivity index (χ2v) is 9.56. The molecule has 0 spiro atoms. The van der Waals surface area contributed by atoms with E-state index in [1.807, 2.05) is 0 Å². The zero-order chi connectivity index (χ0) is 22.1. The van der Waals surface area contributed by atoms with Gasteiger partial charge in [-0.3, -0.25) is 4.79 Å². The van der Waals surface area contributed by atoms with Gasteiger partial charge >= 0.3 is 5.97 Å². The molecule has 0 aliphatic carbocycles. The molecule has 1 atom stereocenters. The molecule has 0 saturated carbocycles. The van der Waals surface area contributed by atoms with Crippen molar-refractivity contribution in [2.24, 2.45) is 0 Å². The van der Waals surface area contributed by atoms with Gasteiger partial charge in [-0.15, -0.1) is 0 Å². The summed E-state index contributed by atoms with van der Waals surface area (Å²) in [6.07, 6.45) is 29.8. The smallest absolute Gasteiger partial charge is 0.306 e. The quantitative estimate of drug-likeness (QED) is 0.114. The highest BCUT2D eigenvalue weighted by molar-refractivity contribution is 5.69. The summed E-state index contributed by atoms with van der Waals surface area (Å²) in [5.74, 6) is 0.0186. The van der Waals surface area contributed by atoms with Crippen molar-refractivity contribution < 1.29 is 9.53 Å². The molecule has 0 heterocycles. The van der Waals surface area contributed by atoms with Crippen LogP contribution in [0, 0.1) is 0 Å². The fourth-order valence-electron chi connectivity index (χ4n) is 4.20. The van der Waals surface area contributed by atoms with Crippen LogP contribution in [-0.2, 0) is 9.53 Å². The molecule has 0 bridgehead atoms. The van der Waals surface area contributed by atoms with Crippen LogP contribution in [0.15, 0.2) is 0 Å². The van der Waals surface area contributed by atoms with Crippen LogP contribution < -0.4 is 0 Å². The van der Waals surface area contributed by atoms with Crippen molar-refractivity contribution in [2.45, 2.75) is 175 Å². The van der Waals surface area contributed by atoms with Gasteiger partial charge in [-0.2, -0.15) is 0 Å². The van der Waals surface area contributed by atoms with E-state index < -0.39 is 0 Å². The normalized spacial score (nSPS) is 12.2. The topological polar surface area (TPSA) is 26.3 Å². The first-order valence-corrected chi connectivity index (χ1v) is 13.9. The van der Waals surface area contributed by atoms with E-state index in [2.05, 4.69) is 20.8 Å². The van der Waals surface area contributed by atoms with Gasteiger partial charge in [0.2, 0.25) is 0 Å². The van der Waals surface area contributed by atoms with Crippen LogP contribution in [0.3, 0.4) is 0 Å². The summed E-state index contributed by atoms with van der Waals surface area (Å²) in [6.45, 7) is 6.60. The number of hydrogen-bond acceptors (Lipinski definition) is 2. The number of ether oxygens (including phenoxy) is 1. The van der Waals surface area contributed by atoms with Crippen molar-refractivity contribution in [3.8, 4) is 0 Å². The molecular formula is C28H56O2. The molecule has 0 radical (unpaired) electrons. The molecule has 0 aromatic rings. The third-order valence-electron chi connectivity index (χ3n) is 6.28. The highest BCUT2D eigenvalue weighted by Gasteiger charge is 2.09. The Hall–Kier alpha value is -0.530. The predicted octanol–water partition coefficient (Wildman–Crippen LogP) is 9.93. The van der Waals surface area contributed by atoms with E-state index >= 15 is 0 Å². The average molecular weight is 425 g/mol. The molecule has 0 N–H and O–H groups in total. The van der Waals surface area contributed by atoms with Gasteiger partial charge in [0.1, 0.15) is 0 Å². The summed E-state index contributed by atoms with van der Waals surface area (Å²) in [5, 5.41) is 0. The van der Waals surface area contributed by atoms with E-state index in [9.17, 15) is 4.79 Å². The minimum atomic E-state index is 0.0186. The van der Waals surface area contributed by atoms with Crippen LogP contribution in [-0.4, -0.2) is 12.1 Å². The minimum Gasteiger partial charge on any atom is -0.463 e. The highest BCUT2D eigenvalue weighted by atomic mass is 16.5. The Morgan fingerprint density at radius 2 is 0.867 bits per heavy atom. The molecule has 2 heteroatoms. The molecule has 0 aliphatic rings. The fraction of sp³-hybridized carbons (Fsp3) is 0.964. The number of carbonyl (C=O) groups is 1. The zero-order valence-electron chi connectivity index (χ0n) is 21.2. The second-order valence-electron chi connectivity index (χ2n) is 9.56. The van der Waals surface area contributed by atoms with Crippen LogP contribution in [0.4, 0.5) is 0 Å². The van der Waals surface area contributed by atoms with E-state index in [1.54, 1.807) is 0 Å². The SMILES string of the molecule is CCCCCCCCCCCCCCCC(=O)OC(C)CCCCCCCCCC. The largest absolute Gasteiger partial charge is 0.463 e. The molecular weight excluding hydrogens is 368 g/mol. The summed E-state index contributed by atoms with van der Waals surface area (Å²) in [4.78, 5) is 12.0. The maximum Gasteiger partial charge on any atom is 0.306 e. The maximum atomic E-state index is 12.0. The average Bonchev–Trinajstić information content (AvgIpc) is 2.73. The molecule has 180 valence electrons. The molecule has 0 amide bonds. The van der Waals surface area contributed by atoms with Crippen molar-refractivity contribution in [3.05, 3.63) is 0 Å². The lowest BCUT2D eigenvalue weighted by atomic mass is 10.0. The lowest BCUT2D eigenvalue weighted by Gasteiger charge is -2.13. The van der Waals surface area contributed by atoms with Crippen LogP contribution in [0.25, 0.3) is 0 Å². The molecule has 0 aromatic heterocycles. The van der Waals surface area contributed by atoms with Gasteiger partial charge in [-0.25, -0.2) is 0 Å². The van der Waals surface area contributed by atoms with Gasteiger partial charge in [-0.05, 0) is 26.2 Å². The summed E-state index contributed by atoms with van der Waals surface area (Å²) < 4.78 is 5.58. The molecule has 0 rings (SSSR count). The third kappa shape index (κ3) is 23.7. The van der Waals surface area contributed by atoms with E-state index in [-0.39, 0.29) is 12.1 Å². The first-order chi connectivity index (χ1) is 14.7. The summed E-state index contributed by atoms with van der Waals surface area (Å²) in [7, 11) is 0. The Bertz CT molecular complexity index is 340. The first-order valence-electron chi connectivity index (χ1n) is 13.9. The van der Waals surface area contributed by atoms with E-state index in [1.165, 1.54) is 128 Å². The molecule has 2 nitrogen and oxygen atoms in total. The number of unbranched alkanes of at least 4 members (excludes halogenated alkanes) is 19. The number of hydrogen-bond donors (Lipinski definition) is 0. The van der Waals surface area contributed by atoms with Gasteiger partial charge in [0, 0.05) is 6.42 Å². The standard InChI is InChI=1S/C28H56O2/c1-4-6-8-10-12-14-15-16-17-18-20-22-24-26-28(29)30-27(3)25-23-21-19-13-11-9-7-5-2/h27H,4-26H2,1-3H3. The first kappa shape index (κ1) is 29.5. The van der Waals surface area contributed by atoms with Crippen molar-refractivity contribution in [1.82, 2.24) is 0 Å². The molecule has 0 aliphatic heterocycles. The molecule has 0 aromatic carbocycles. The van der Waals surface area contributed by atoms with Crippen molar-refractivity contribution in [3.63, 3.8) is 0 Å². The van der Waals surface area contributed by atoms with E-state index in [0.717, 1.165) is 12.8 Å². The summed E-state index contributed by atoms with van der Waals surface area (Å²) >= 11 is 0. The molecule has 0 saturated heterocycles. The highest BCUT2D eigenvalue weighted by Crippen LogP contribution is 2.14. The van der Waals surface area contributed by atoms with Crippen LogP contribution >= 0.6 is 0 Å². The van der Waals surface area contributed by atoms with Crippen LogP contribution in [0.2, 0.25) is 0 Å². The number of rotatable bonds is 24. The van der Waals surface area contributed by atoms with E-state index in [4.69, 9.17) is 4.74 Å². The van der Waals surface area contributed by atoms with Crippen LogP contribution in [0.1, 0.15) is 168 Å². The van der Waals surface area contributed by atoms with Gasteiger partial charge in [-0.1, -0.05) is 136 Å². The van der Waals surface area contributed by atoms with Gasteiger partial charge in [0.05, 0.1) is 6.10 Å². The Labute approximate surface area is 190 Å².